The molecule has 3 rings (SSSR count). The van der Waals surface area contributed by atoms with E-state index < -0.39 is 23.8 Å². The number of nitrogens with zero attached hydrogens (tertiary/aromatic N) is 1. The van der Waals surface area contributed by atoms with Gasteiger partial charge in [0.25, 0.3) is 0 Å². The lowest BCUT2D eigenvalue weighted by Crippen LogP contribution is -2.65. The number of unbranched alkanes of at least 4 members (excludes halogenated alkanes) is 1. The Kier molecular flexibility index (Phi) is 7.99. The van der Waals surface area contributed by atoms with Gasteiger partial charge in [-0.25, -0.2) is 4.79 Å². The van der Waals surface area contributed by atoms with Crippen LogP contribution in [0.4, 0.5) is 13.2 Å². The van der Waals surface area contributed by atoms with Gasteiger partial charge in [-0.15, -0.1) is 0 Å². The summed E-state index contributed by atoms with van der Waals surface area (Å²) in [5, 5.41) is 0. The third kappa shape index (κ3) is 5.95. The predicted molar refractivity (Wildman–Crippen MR) is 120 cm³/mol. The molecule has 1 saturated heterocycles. The second-order valence-corrected chi connectivity index (χ2v) is 8.55. The van der Waals surface area contributed by atoms with Crippen LogP contribution in [0, 0.1) is 6.92 Å². The Balaban J connectivity index is 1.60. The van der Waals surface area contributed by atoms with Gasteiger partial charge in [-0.3, -0.25) is 4.79 Å². The van der Waals surface area contributed by atoms with E-state index in [0.29, 0.717) is 25.3 Å². The van der Waals surface area contributed by atoms with Gasteiger partial charge in [-0.05, 0) is 48.6 Å². The first-order chi connectivity index (χ1) is 16.1. The van der Waals surface area contributed by atoms with E-state index in [1.165, 1.54) is 24.3 Å². The van der Waals surface area contributed by atoms with Gasteiger partial charge in [-0.2, -0.15) is 13.2 Å². The van der Waals surface area contributed by atoms with Crippen molar-refractivity contribution >= 4 is 11.9 Å². The first-order valence-corrected chi connectivity index (χ1v) is 11.2. The van der Waals surface area contributed by atoms with Gasteiger partial charge in [0.2, 0.25) is 5.91 Å². The normalized spacial score (nSPS) is 16.0. The standard InChI is InChI=1S/C25H29F3N2O4/c1-3-4-13-33-24(20-8-6-5-7-17(20)2)15-30(16-24)22(31)21(29)14-18-9-11-19(12-10-18)34-23(32)25(26,27)28/h5-12,21H,3-4,13-16,29H2,1-2H3. The highest BCUT2D eigenvalue weighted by molar-refractivity contribution is 5.83. The molecule has 6 nitrogen and oxygen atoms in total. The molecule has 0 spiro atoms. The van der Waals surface area contributed by atoms with Crippen LogP contribution in [0.3, 0.4) is 0 Å². The Morgan fingerprint density at radius 3 is 2.35 bits per heavy atom. The van der Waals surface area contributed by atoms with Crippen molar-refractivity contribution in [1.82, 2.24) is 4.90 Å². The fraction of sp³-hybridized carbons (Fsp3) is 0.440. The Bertz CT molecular complexity index is 1000. The minimum Gasteiger partial charge on any atom is -0.420 e. The number of hydrogen-bond donors (Lipinski definition) is 1. The highest BCUT2D eigenvalue weighted by Gasteiger charge is 2.49. The SMILES string of the molecule is CCCCOC1(c2ccccc2C)CN(C(=O)C(N)Cc2ccc(OC(=O)C(F)(F)F)cc2)C1. The Labute approximate surface area is 196 Å². The fourth-order valence-electron chi connectivity index (χ4n) is 4.00. The van der Waals surface area contributed by atoms with Crippen LogP contribution in [0.1, 0.15) is 36.5 Å². The number of esters is 1. The van der Waals surface area contributed by atoms with Gasteiger partial charge in [0.05, 0.1) is 19.1 Å². The number of halogens is 3. The van der Waals surface area contributed by atoms with Crippen molar-refractivity contribution in [2.75, 3.05) is 19.7 Å². The molecule has 0 bridgehead atoms. The molecule has 9 heteroatoms. The average Bonchev–Trinajstić information content (AvgIpc) is 2.76. The van der Waals surface area contributed by atoms with Crippen molar-refractivity contribution in [1.29, 1.82) is 0 Å². The van der Waals surface area contributed by atoms with E-state index in [9.17, 15) is 22.8 Å². The molecular formula is C25H29F3N2O4. The molecule has 2 N–H and O–H groups in total. The molecule has 1 unspecified atom stereocenters. The number of hydrogen-bond acceptors (Lipinski definition) is 5. The second-order valence-electron chi connectivity index (χ2n) is 8.55. The molecule has 2 aromatic rings. The monoisotopic (exact) mass is 478 g/mol. The Hall–Kier alpha value is -2.91. The maximum atomic E-state index is 12.9. The smallest absolute Gasteiger partial charge is 0.420 e. The largest absolute Gasteiger partial charge is 0.491 e. The first kappa shape index (κ1) is 25.7. The molecule has 1 aliphatic heterocycles. The van der Waals surface area contributed by atoms with Gasteiger partial charge >= 0.3 is 12.1 Å². The third-order valence-electron chi connectivity index (χ3n) is 5.85. The zero-order valence-corrected chi connectivity index (χ0v) is 19.2. The van der Waals surface area contributed by atoms with Crippen LogP contribution in [-0.4, -0.2) is 48.7 Å². The number of aryl methyl sites for hydroxylation is 1. The van der Waals surface area contributed by atoms with E-state index in [4.69, 9.17) is 10.5 Å². The number of nitrogens with two attached hydrogens (primary N) is 1. The number of benzene rings is 2. The second kappa shape index (κ2) is 10.6. The maximum Gasteiger partial charge on any atom is 0.491 e. The highest BCUT2D eigenvalue weighted by Crippen LogP contribution is 2.38. The van der Waals surface area contributed by atoms with Crippen molar-refractivity contribution < 1.29 is 32.2 Å². The first-order valence-electron chi connectivity index (χ1n) is 11.2. The van der Waals surface area contributed by atoms with E-state index in [0.717, 1.165) is 24.0 Å². The Morgan fingerprint density at radius 2 is 1.76 bits per heavy atom. The topological polar surface area (TPSA) is 81.9 Å². The van der Waals surface area contributed by atoms with Crippen molar-refractivity contribution in [3.05, 3.63) is 65.2 Å². The summed E-state index contributed by atoms with van der Waals surface area (Å²) in [6.45, 7) is 5.52. The highest BCUT2D eigenvalue weighted by atomic mass is 19.4. The van der Waals surface area contributed by atoms with E-state index in [2.05, 4.69) is 11.7 Å². The minimum atomic E-state index is -5.07. The summed E-state index contributed by atoms with van der Waals surface area (Å²) in [4.78, 5) is 25.5. The molecule has 0 radical (unpaired) electrons. The van der Waals surface area contributed by atoms with E-state index in [1.54, 1.807) is 4.90 Å². The van der Waals surface area contributed by atoms with Gasteiger partial charge in [0, 0.05) is 6.61 Å². The summed E-state index contributed by atoms with van der Waals surface area (Å²) in [6, 6.07) is 12.6. The summed E-state index contributed by atoms with van der Waals surface area (Å²) < 4.78 is 47.5. The zero-order valence-electron chi connectivity index (χ0n) is 19.2. The molecule has 1 atom stereocenters. The molecular weight excluding hydrogens is 449 g/mol. The van der Waals surface area contributed by atoms with Crippen molar-refractivity contribution in [3.8, 4) is 5.75 Å². The number of carbonyl (C=O) groups excluding carboxylic acids is 2. The lowest BCUT2D eigenvalue weighted by Gasteiger charge is -2.51. The minimum absolute atomic E-state index is 0.191. The molecule has 34 heavy (non-hydrogen) atoms. The molecule has 2 aromatic carbocycles. The number of rotatable bonds is 9. The average molecular weight is 479 g/mol. The summed E-state index contributed by atoms with van der Waals surface area (Å²) in [5.41, 5.74) is 8.39. The lowest BCUT2D eigenvalue weighted by atomic mass is 9.82. The van der Waals surface area contributed by atoms with Gasteiger partial charge in [0.1, 0.15) is 11.4 Å². The van der Waals surface area contributed by atoms with Crippen LogP contribution in [0.5, 0.6) is 5.75 Å². The van der Waals surface area contributed by atoms with Crippen molar-refractivity contribution in [2.24, 2.45) is 5.73 Å². The number of carbonyl (C=O) groups is 2. The number of alkyl halides is 3. The summed E-state index contributed by atoms with van der Waals surface area (Å²) in [6.07, 6.45) is -2.95. The van der Waals surface area contributed by atoms with E-state index >= 15 is 0 Å². The van der Waals surface area contributed by atoms with Crippen LogP contribution in [-0.2, 0) is 26.3 Å². The molecule has 1 fully saturated rings. The van der Waals surface area contributed by atoms with Crippen molar-refractivity contribution in [2.45, 2.75) is 50.9 Å². The van der Waals surface area contributed by atoms with Crippen LogP contribution in [0.2, 0.25) is 0 Å². The molecule has 0 saturated carbocycles. The summed E-state index contributed by atoms with van der Waals surface area (Å²) in [7, 11) is 0. The van der Waals surface area contributed by atoms with Crippen LogP contribution in [0.15, 0.2) is 48.5 Å². The molecule has 1 heterocycles. The number of ether oxygens (including phenoxy) is 2. The van der Waals surface area contributed by atoms with Gasteiger partial charge in [-0.1, -0.05) is 49.7 Å². The lowest BCUT2D eigenvalue weighted by molar-refractivity contribution is -0.189. The number of likely N-dealkylation sites (tertiary alicyclic amines) is 1. The summed E-state index contributed by atoms with van der Waals surface area (Å²) >= 11 is 0. The van der Waals surface area contributed by atoms with E-state index in [1.807, 2.05) is 31.2 Å². The van der Waals surface area contributed by atoms with Gasteiger partial charge in [0.15, 0.2) is 0 Å². The van der Waals surface area contributed by atoms with Gasteiger partial charge < -0.3 is 20.1 Å². The number of amides is 1. The molecule has 0 aliphatic carbocycles. The third-order valence-corrected chi connectivity index (χ3v) is 5.85. The molecule has 184 valence electrons. The Morgan fingerprint density at radius 1 is 1.12 bits per heavy atom. The zero-order chi connectivity index (χ0) is 24.9. The maximum absolute atomic E-state index is 12.9. The van der Waals surface area contributed by atoms with E-state index in [-0.39, 0.29) is 18.1 Å². The predicted octanol–water partition coefficient (Wildman–Crippen LogP) is 3.89. The molecule has 0 aromatic heterocycles. The van der Waals surface area contributed by atoms with Crippen LogP contribution < -0.4 is 10.5 Å². The fourth-order valence-corrected chi connectivity index (χ4v) is 4.00. The van der Waals surface area contributed by atoms with Crippen molar-refractivity contribution in [3.63, 3.8) is 0 Å². The molecule has 1 amide bonds. The van der Waals surface area contributed by atoms with Crippen LogP contribution in [0.25, 0.3) is 0 Å². The molecule has 1 aliphatic rings. The van der Waals surface area contributed by atoms with Crippen LogP contribution >= 0.6 is 0 Å². The summed E-state index contributed by atoms with van der Waals surface area (Å²) in [5.74, 6) is -2.75. The quantitative estimate of drug-likeness (QED) is 0.336.